The van der Waals surface area contributed by atoms with Crippen LogP contribution in [0.2, 0.25) is 0 Å². The second kappa shape index (κ2) is 9.07. The fourth-order valence-electron chi connectivity index (χ4n) is 0. The van der Waals surface area contributed by atoms with Crippen LogP contribution in [0.3, 0.4) is 0 Å². The van der Waals surface area contributed by atoms with Crippen molar-refractivity contribution in [2.75, 3.05) is 5.88 Å². The van der Waals surface area contributed by atoms with Gasteiger partial charge in [0.25, 0.3) is 0 Å². The van der Waals surface area contributed by atoms with Gasteiger partial charge >= 0.3 is 19.5 Å². The summed E-state index contributed by atoms with van der Waals surface area (Å²) >= 11 is 5.00. The molecule has 0 nitrogen and oxygen atoms in total. The quantitative estimate of drug-likeness (QED) is 0.341. The first-order chi connectivity index (χ1) is 1.41. The van der Waals surface area contributed by atoms with E-state index in [4.69, 9.17) is 11.6 Å². The number of hydrogen-bond donors (Lipinski definition) is 0. The zero-order valence-corrected chi connectivity index (χ0v) is 6.52. The van der Waals surface area contributed by atoms with E-state index in [2.05, 4.69) is 0 Å². The third-order valence-corrected chi connectivity index (χ3v) is 0. The van der Waals surface area contributed by atoms with Gasteiger partial charge < -0.3 is 0 Å². The van der Waals surface area contributed by atoms with Gasteiger partial charge in [0.1, 0.15) is 0 Å². The monoisotopic (exact) mass is 128 g/mol. The molecular weight excluding hydrogens is 125 g/mol. The van der Waals surface area contributed by atoms with Crippen LogP contribution < -0.4 is 0 Å². The first kappa shape index (κ1) is 8.87. The summed E-state index contributed by atoms with van der Waals surface area (Å²) in [5, 5.41) is 0. The van der Waals surface area contributed by atoms with Gasteiger partial charge in [-0.05, 0) is 0 Å². The molecule has 0 N–H and O–H groups in total. The van der Waals surface area contributed by atoms with Crippen LogP contribution in [0.25, 0.3) is 0 Å². The Morgan fingerprint density at radius 2 is 1.75 bits per heavy atom. The van der Waals surface area contributed by atoms with Crippen LogP contribution in [-0.4, -0.2) is 5.88 Å². The van der Waals surface area contributed by atoms with Gasteiger partial charge in [0.15, 0.2) is 0 Å². The first-order valence-corrected chi connectivity index (χ1v) is 1.51. The maximum atomic E-state index is 5.00. The van der Waals surface area contributed by atoms with Crippen LogP contribution in [0.4, 0.5) is 0 Å². The van der Waals surface area contributed by atoms with Crippen LogP contribution >= 0.6 is 11.6 Å². The van der Waals surface area contributed by atoms with Crippen LogP contribution in [0, 0.1) is 0 Å². The molecule has 0 aromatic carbocycles. The standard InChI is InChI=1S/C2H5Cl.Zn/c1-2-3;/h2H2,1H3;/q;+2. The van der Waals surface area contributed by atoms with Crippen molar-refractivity contribution in [3.8, 4) is 0 Å². The Labute approximate surface area is 44.3 Å². The van der Waals surface area contributed by atoms with E-state index in [-0.39, 0.29) is 19.5 Å². The summed E-state index contributed by atoms with van der Waals surface area (Å²) in [6.07, 6.45) is 0. The average Bonchev–Trinajstić information content (AvgIpc) is 0.918. The Morgan fingerprint density at radius 3 is 1.75 bits per heavy atom. The van der Waals surface area contributed by atoms with E-state index in [0.717, 1.165) is 5.88 Å². The van der Waals surface area contributed by atoms with Crippen LogP contribution in [0.5, 0.6) is 0 Å². The normalized spacial score (nSPS) is 4.50. The number of hydrogen-bond acceptors (Lipinski definition) is 0. The van der Waals surface area contributed by atoms with Gasteiger partial charge in [-0.1, -0.05) is 6.92 Å². The predicted octanol–water partition coefficient (Wildman–Crippen LogP) is 1.24. The van der Waals surface area contributed by atoms with Gasteiger partial charge in [0.05, 0.1) is 0 Å². The minimum atomic E-state index is 0. The zero-order chi connectivity index (χ0) is 2.71. The summed E-state index contributed by atoms with van der Waals surface area (Å²) in [7, 11) is 0. The van der Waals surface area contributed by atoms with Crippen molar-refractivity contribution in [3.63, 3.8) is 0 Å². The van der Waals surface area contributed by atoms with Crippen molar-refractivity contribution >= 4 is 11.6 Å². The third kappa shape index (κ3) is 12.8. The van der Waals surface area contributed by atoms with E-state index in [9.17, 15) is 0 Å². The van der Waals surface area contributed by atoms with Crippen molar-refractivity contribution in [2.45, 2.75) is 6.92 Å². The third-order valence-electron chi connectivity index (χ3n) is 0. The summed E-state index contributed by atoms with van der Waals surface area (Å²) in [6.45, 7) is 1.89. The fourth-order valence-corrected chi connectivity index (χ4v) is 0. The first-order valence-electron chi connectivity index (χ1n) is 0.974. The fraction of sp³-hybridized carbons (Fsp3) is 1.00. The molecule has 0 atom stereocenters. The predicted molar refractivity (Wildman–Crippen MR) is 16.4 cm³/mol. The molecule has 0 fully saturated rings. The summed E-state index contributed by atoms with van der Waals surface area (Å²) in [6, 6.07) is 0. The maximum absolute atomic E-state index is 5.00. The summed E-state index contributed by atoms with van der Waals surface area (Å²) in [5.41, 5.74) is 0. The molecule has 0 aliphatic carbocycles. The number of alkyl halides is 1. The van der Waals surface area contributed by atoms with Crippen molar-refractivity contribution in [3.05, 3.63) is 0 Å². The molecule has 0 saturated carbocycles. The molecule has 0 aromatic rings. The smallest absolute Gasteiger partial charge is 0.127 e. The van der Waals surface area contributed by atoms with Crippen molar-refractivity contribution in [1.82, 2.24) is 0 Å². The second-order valence-corrected chi connectivity index (χ2v) is 0.802. The molecule has 0 spiro atoms. The molecule has 0 unspecified atom stereocenters. The van der Waals surface area contributed by atoms with E-state index >= 15 is 0 Å². The van der Waals surface area contributed by atoms with Gasteiger partial charge in [0, 0.05) is 5.88 Å². The molecule has 0 saturated heterocycles. The van der Waals surface area contributed by atoms with E-state index in [1.54, 1.807) is 0 Å². The molecule has 2 heteroatoms. The second-order valence-electron chi connectivity index (χ2n) is 0.267. The summed E-state index contributed by atoms with van der Waals surface area (Å²) in [5.74, 6) is 0.722. The van der Waals surface area contributed by atoms with Crippen LogP contribution in [0.15, 0.2) is 0 Å². The Balaban J connectivity index is 0. The Hall–Kier alpha value is 0.913. The molecule has 4 heavy (non-hydrogen) atoms. The summed E-state index contributed by atoms with van der Waals surface area (Å²) in [4.78, 5) is 0. The van der Waals surface area contributed by atoms with E-state index in [1.807, 2.05) is 6.92 Å². The largest absolute Gasteiger partial charge is 2.00 e. The Kier molecular flexibility index (Phi) is 20.1. The molecule has 0 aliphatic rings. The topological polar surface area (TPSA) is 0 Å². The van der Waals surface area contributed by atoms with Crippen LogP contribution in [0.1, 0.15) is 6.92 Å². The van der Waals surface area contributed by atoms with Gasteiger partial charge in [-0.25, -0.2) is 0 Å². The number of rotatable bonds is 0. The van der Waals surface area contributed by atoms with Crippen molar-refractivity contribution in [2.24, 2.45) is 0 Å². The molecule has 0 rings (SSSR count). The van der Waals surface area contributed by atoms with E-state index in [0.29, 0.717) is 0 Å². The van der Waals surface area contributed by atoms with Gasteiger partial charge in [0.2, 0.25) is 0 Å². The van der Waals surface area contributed by atoms with Gasteiger partial charge in [-0.3, -0.25) is 0 Å². The maximum Gasteiger partial charge on any atom is 2.00 e. The van der Waals surface area contributed by atoms with Gasteiger partial charge in [-0.15, -0.1) is 11.6 Å². The molecule has 0 heterocycles. The Bertz CT molecular complexity index is 6.00. The van der Waals surface area contributed by atoms with E-state index < -0.39 is 0 Å². The molecule has 0 aliphatic heterocycles. The minimum absolute atomic E-state index is 0. The molecule has 0 radical (unpaired) electrons. The van der Waals surface area contributed by atoms with Crippen molar-refractivity contribution in [1.29, 1.82) is 0 Å². The molecular formula is C2H5ClZn+2. The molecule has 0 bridgehead atoms. The molecule has 0 aromatic heterocycles. The number of halogens is 1. The van der Waals surface area contributed by atoms with Crippen LogP contribution in [-0.2, 0) is 19.5 Å². The zero-order valence-electron chi connectivity index (χ0n) is 2.79. The summed E-state index contributed by atoms with van der Waals surface area (Å²) < 4.78 is 0. The van der Waals surface area contributed by atoms with Crippen molar-refractivity contribution < 1.29 is 19.5 Å². The average molecular weight is 130 g/mol. The molecule has 0 amide bonds. The minimum Gasteiger partial charge on any atom is -0.127 e. The Morgan fingerprint density at radius 1 is 1.75 bits per heavy atom. The molecule has 20 valence electrons. The SMILES string of the molecule is CCCl.[Zn+2]. The van der Waals surface area contributed by atoms with E-state index in [1.165, 1.54) is 0 Å². The van der Waals surface area contributed by atoms with Gasteiger partial charge in [-0.2, -0.15) is 0 Å².